The summed E-state index contributed by atoms with van der Waals surface area (Å²) in [5.74, 6) is -0.213. The fraction of sp³-hybridized carbons (Fsp3) is 0.462. The van der Waals surface area contributed by atoms with E-state index in [1.54, 1.807) is 13.8 Å². The molecule has 94 valence electrons. The van der Waals surface area contributed by atoms with Crippen LogP contribution < -0.4 is 11.1 Å². The van der Waals surface area contributed by atoms with E-state index in [1.807, 2.05) is 26.0 Å². The molecule has 3 N–H and O–H groups in total. The maximum Gasteiger partial charge on any atom is 0.256 e. The number of anilines is 2. The first-order valence-electron chi connectivity index (χ1n) is 5.51. The summed E-state index contributed by atoms with van der Waals surface area (Å²) in [7, 11) is 1.50. The highest BCUT2D eigenvalue weighted by atomic mass is 16.5. The van der Waals surface area contributed by atoms with Crippen LogP contribution in [0.1, 0.15) is 25.0 Å². The van der Waals surface area contributed by atoms with E-state index >= 15 is 0 Å². The molecule has 0 heterocycles. The number of rotatable bonds is 3. The minimum atomic E-state index is -0.870. The number of nitrogen functional groups attached to an aromatic ring is 1. The second-order valence-electron chi connectivity index (χ2n) is 4.69. The van der Waals surface area contributed by atoms with Gasteiger partial charge in [0.1, 0.15) is 5.60 Å². The van der Waals surface area contributed by atoms with E-state index in [4.69, 9.17) is 10.5 Å². The van der Waals surface area contributed by atoms with Crippen molar-refractivity contribution in [1.29, 1.82) is 0 Å². The predicted octanol–water partition coefficient (Wildman–Crippen LogP) is 2.25. The summed E-state index contributed by atoms with van der Waals surface area (Å²) in [5.41, 5.74) is 8.38. The minimum absolute atomic E-state index is 0.213. The van der Waals surface area contributed by atoms with Crippen LogP contribution >= 0.6 is 0 Å². The molecule has 0 spiro atoms. The van der Waals surface area contributed by atoms with Gasteiger partial charge in [-0.2, -0.15) is 0 Å². The lowest BCUT2D eigenvalue weighted by Gasteiger charge is -2.22. The Morgan fingerprint density at radius 3 is 2.35 bits per heavy atom. The van der Waals surface area contributed by atoms with Crippen molar-refractivity contribution in [3.63, 3.8) is 0 Å². The number of hydrogen-bond donors (Lipinski definition) is 2. The summed E-state index contributed by atoms with van der Waals surface area (Å²) in [6.07, 6.45) is 0. The van der Waals surface area contributed by atoms with Crippen molar-refractivity contribution in [2.75, 3.05) is 18.2 Å². The minimum Gasteiger partial charge on any atom is -0.397 e. The SMILES string of the molecule is COC(C)(C)C(=O)Nc1cc(C)c(C)cc1N. The standard InChI is InChI=1S/C13H20N2O2/c1-8-6-10(14)11(7-9(8)2)15-12(16)13(3,4)17-5/h6-7H,14H2,1-5H3,(H,15,16). The number of ether oxygens (including phenoxy) is 1. The van der Waals surface area contributed by atoms with Gasteiger partial charge in [-0.15, -0.1) is 0 Å². The van der Waals surface area contributed by atoms with E-state index < -0.39 is 5.60 Å². The number of benzene rings is 1. The molecule has 0 saturated carbocycles. The molecule has 0 fully saturated rings. The van der Waals surface area contributed by atoms with Crippen molar-refractivity contribution < 1.29 is 9.53 Å². The Balaban J connectivity index is 2.97. The van der Waals surface area contributed by atoms with Crippen LogP contribution in [0.25, 0.3) is 0 Å². The molecule has 1 amide bonds. The average molecular weight is 236 g/mol. The van der Waals surface area contributed by atoms with Crippen LogP contribution in [0.3, 0.4) is 0 Å². The zero-order chi connectivity index (χ0) is 13.2. The zero-order valence-electron chi connectivity index (χ0n) is 11.0. The predicted molar refractivity (Wildman–Crippen MR) is 70.0 cm³/mol. The molecule has 0 bridgehead atoms. The Morgan fingerprint density at radius 1 is 1.29 bits per heavy atom. The lowest BCUT2D eigenvalue weighted by molar-refractivity contribution is -0.133. The molecule has 0 saturated heterocycles. The van der Waals surface area contributed by atoms with Gasteiger partial charge in [-0.25, -0.2) is 0 Å². The lowest BCUT2D eigenvalue weighted by Crippen LogP contribution is -2.39. The largest absolute Gasteiger partial charge is 0.397 e. The lowest BCUT2D eigenvalue weighted by atomic mass is 10.1. The van der Waals surface area contributed by atoms with Crippen LogP contribution in [-0.2, 0) is 9.53 Å². The Bertz CT molecular complexity index is 439. The molecule has 0 aliphatic heterocycles. The van der Waals surface area contributed by atoms with Crippen LogP contribution in [0, 0.1) is 13.8 Å². The molecule has 0 radical (unpaired) electrons. The molecular formula is C13H20N2O2. The molecule has 0 aliphatic rings. The van der Waals surface area contributed by atoms with Crippen LogP contribution in [0.5, 0.6) is 0 Å². The van der Waals surface area contributed by atoms with Gasteiger partial charge in [0.25, 0.3) is 5.91 Å². The first-order valence-corrected chi connectivity index (χ1v) is 5.51. The molecule has 0 atom stereocenters. The Labute approximate surface area is 102 Å². The fourth-order valence-electron chi connectivity index (χ4n) is 1.31. The van der Waals surface area contributed by atoms with Crippen molar-refractivity contribution in [3.8, 4) is 0 Å². The fourth-order valence-corrected chi connectivity index (χ4v) is 1.31. The zero-order valence-corrected chi connectivity index (χ0v) is 11.0. The molecule has 0 aromatic heterocycles. The quantitative estimate of drug-likeness (QED) is 0.791. The molecule has 0 unspecified atom stereocenters. The summed E-state index contributed by atoms with van der Waals surface area (Å²) >= 11 is 0. The Morgan fingerprint density at radius 2 is 1.82 bits per heavy atom. The normalized spacial score (nSPS) is 11.4. The highest BCUT2D eigenvalue weighted by molar-refractivity contribution is 5.99. The Kier molecular flexibility index (Phi) is 3.78. The summed E-state index contributed by atoms with van der Waals surface area (Å²) in [4.78, 5) is 11.9. The molecular weight excluding hydrogens is 216 g/mol. The highest BCUT2D eigenvalue weighted by Crippen LogP contribution is 2.24. The van der Waals surface area contributed by atoms with Gasteiger partial charge >= 0.3 is 0 Å². The van der Waals surface area contributed by atoms with Gasteiger partial charge in [0.05, 0.1) is 11.4 Å². The van der Waals surface area contributed by atoms with Crippen molar-refractivity contribution in [2.24, 2.45) is 0 Å². The van der Waals surface area contributed by atoms with E-state index in [2.05, 4.69) is 5.32 Å². The first kappa shape index (κ1) is 13.5. The number of aryl methyl sites for hydroxylation is 2. The smallest absolute Gasteiger partial charge is 0.256 e. The van der Waals surface area contributed by atoms with E-state index in [1.165, 1.54) is 7.11 Å². The molecule has 1 aromatic rings. The van der Waals surface area contributed by atoms with Crippen molar-refractivity contribution >= 4 is 17.3 Å². The van der Waals surface area contributed by atoms with Gasteiger partial charge in [0, 0.05) is 7.11 Å². The number of carbonyl (C=O) groups excluding carboxylic acids is 1. The second kappa shape index (κ2) is 4.75. The van der Waals surface area contributed by atoms with Crippen LogP contribution in [0.4, 0.5) is 11.4 Å². The number of amides is 1. The maximum absolute atomic E-state index is 11.9. The van der Waals surface area contributed by atoms with Crippen molar-refractivity contribution in [3.05, 3.63) is 23.3 Å². The van der Waals surface area contributed by atoms with E-state index in [0.717, 1.165) is 11.1 Å². The van der Waals surface area contributed by atoms with Crippen LogP contribution in [0.15, 0.2) is 12.1 Å². The molecule has 1 aromatic carbocycles. The van der Waals surface area contributed by atoms with Gasteiger partial charge in [-0.1, -0.05) is 0 Å². The Hall–Kier alpha value is -1.55. The number of methoxy groups -OCH3 is 1. The molecule has 4 heteroatoms. The second-order valence-corrected chi connectivity index (χ2v) is 4.69. The van der Waals surface area contributed by atoms with Gasteiger partial charge < -0.3 is 15.8 Å². The maximum atomic E-state index is 11.9. The van der Waals surface area contributed by atoms with Crippen molar-refractivity contribution in [2.45, 2.75) is 33.3 Å². The summed E-state index contributed by atoms with van der Waals surface area (Å²) in [6.45, 7) is 7.38. The number of hydrogen-bond acceptors (Lipinski definition) is 3. The third-order valence-corrected chi connectivity index (χ3v) is 2.97. The first-order chi connectivity index (χ1) is 7.77. The van der Waals surface area contributed by atoms with Gasteiger partial charge in [0.2, 0.25) is 0 Å². The van der Waals surface area contributed by atoms with Crippen molar-refractivity contribution in [1.82, 2.24) is 0 Å². The molecule has 1 rings (SSSR count). The third-order valence-electron chi connectivity index (χ3n) is 2.97. The number of carbonyl (C=O) groups is 1. The van der Waals surface area contributed by atoms with Gasteiger partial charge in [-0.05, 0) is 51.0 Å². The summed E-state index contributed by atoms with van der Waals surface area (Å²) in [5, 5.41) is 2.78. The monoisotopic (exact) mass is 236 g/mol. The summed E-state index contributed by atoms with van der Waals surface area (Å²) in [6, 6.07) is 3.72. The van der Waals surface area contributed by atoms with Gasteiger partial charge in [0.15, 0.2) is 0 Å². The van der Waals surface area contributed by atoms with E-state index in [0.29, 0.717) is 11.4 Å². The number of nitrogens with two attached hydrogens (primary N) is 1. The third kappa shape index (κ3) is 2.97. The highest BCUT2D eigenvalue weighted by Gasteiger charge is 2.27. The molecule has 17 heavy (non-hydrogen) atoms. The average Bonchev–Trinajstić information content (AvgIpc) is 2.25. The van der Waals surface area contributed by atoms with E-state index in [9.17, 15) is 4.79 Å². The number of nitrogens with one attached hydrogen (secondary N) is 1. The topological polar surface area (TPSA) is 64.3 Å². The molecule has 4 nitrogen and oxygen atoms in total. The van der Waals surface area contributed by atoms with Gasteiger partial charge in [-0.3, -0.25) is 4.79 Å². The van der Waals surface area contributed by atoms with E-state index in [-0.39, 0.29) is 5.91 Å². The molecule has 0 aliphatic carbocycles. The van der Waals surface area contributed by atoms with Crippen LogP contribution in [0.2, 0.25) is 0 Å². The summed E-state index contributed by atoms with van der Waals surface area (Å²) < 4.78 is 5.11. The van der Waals surface area contributed by atoms with Crippen LogP contribution in [-0.4, -0.2) is 18.6 Å².